The Morgan fingerprint density at radius 2 is 1.79 bits per heavy atom. The average Bonchev–Trinajstić information content (AvgIpc) is 2.38. The van der Waals surface area contributed by atoms with E-state index in [0.29, 0.717) is 5.69 Å². The lowest BCUT2D eigenvalue weighted by Gasteiger charge is -2.28. The maximum atomic E-state index is 12.1. The number of aliphatic hydroxyl groups excluding tert-OH is 1. The molecule has 1 rings (SSSR count). The second-order valence-corrected chi connectivity index (χ2v) is 6.18. The van der Waals surface area contributed by atoms with Gasteiger partial charge in [-0.15, -0.1) is 0 Å². The van der Waals surface area contributed by atoms with Crippen LogP contribution in [0.15, 0.2) is 30.3 Å². The van der Waals surface area contributed by atoms with Crippen LogP contribution in [0.4, 0.5) is 5.69 Å². The predicted molar refractivity (Wildman–Crippen MR) is 73.1 cm³/mol. The second kappa shape index (κ2) is 6.14. The van der Waals surface area contributed by atoms with Gasteiger partial charge in [0.25, 0.3) is 5.91 Å². The lowest BCUT2D eigenvalue weighted by Crippen LogP contribution is -2.49. The van der Waals surface area contributed by atoms with Gasteiger partial charge in [0, 0.05) is 11.7 Å². The van der Waals surface area contributed by atoms with Crippen LogP contribution in [0.2, 0.25) is 0 Å². The first-order valence-corrected chi connectivity index (χ1v) is 7.34. The minimum Gasteiger partial charge on any atom is -0.368 e. The number of nitrogens with one attached hydrogen (secondary N) is 1. The fourth-order valence-corrected chi connectivity index (χ4v) is 2.23. The molecule has 0 heterocycles. The van der Waals surface area contributed by atoms with Gasteiger partial charge in [-0.3, -0.25) is 4.79 Å². The number of sulfonamides is 1. The molecule has 0 aliphatic carbocycles. The Balaban J connectivity index is 3.12. The summed E-state index contributed by atoms with van der Waals surface area (Å²) >= 11 is 0. The molecule has 1 aromatic rings. The Morgan fingerprint density at radius 3 is 2.21 bits per heavy atom. The summed E-state index contributed by atoms with van der Waals surface area (Å²) < 4.78 is 24.9. The Kier molecular flexibility index (Phi) is 5.04. The molecule has 1 atom stereocenters. The van der Waals surface area contributed by atoms with Crippen LogP contribution in [0.1, 0.15) is 13.8 Å². The number of aliphatic hydroxyl groups is 1. The minimum absolute atomic E-state index is 0.281. The molecule has 7 heteroatoms. The van der Waals surface area contributed by atoms with Crippen molar-refractivity contribution in [2.45, 2.75) is 25.3 Å². The average molecular weight is 286 g/mol. The third-order valence-electron chi connectivity index (χ3n) is 2.58. The van der Waals surface area contributed by atoms with E-state index in [-0.39, 0.29) is 6.04 Å². The van der Waals surface area contributed by atoms with Gasteiger partial charge in [0.15, 0.2) is 0 Å². The quantitative estimate of drug-likeness (QED) is 0.815. The van der Waals surface area contributed by atoms with E-state index in [0.717, 1.165) is 7.05 Å². The molecule has 0 saturated carbocycles. The van der Waals surface area contributed by atoms with Crippen molar-refractivity contribution < 1.29 is 18.3 Å². The van der Waals surface area contributed by atoms with Crippen LogP contribution >= 0.6 is 0 Å². The van der Waals surface area contributed by atoms with E-state index in [1.807, 2.05) is 4.72 Å². The van der Waals surface area contributed by atoms with Crippen molar-refractivity contribution >= 4 is 21.6 Å². The number of carbonyl (C=O) groups excluding carboxylic acids is 1. The van der Waals surface area contributed by atoms with Crippen LogP contribution in [-0.2, 0) is 14.8 Å². The number of carbonyl (C=O) groups is 1. The molecule has 19 heavy (non-hydrogen) atoms. The first kappa shape index (κ1) is 15.6. The largest absolute Gasteiger partial charge is 0.368 e. The van der Waals surface area contributed by atoms with E-state index in [4.69, 9.17) is 0 Å². The van der Waals surface area contributed by atoms with Crippen LogP contribution in [-0.4, -0.2) is 38.0 Å². The van der Waals surface area contributed by atoms with E-state index in [1.165, 1.54) is 4.90 Å². The van der Waals surface area contributed by atoms with Gasteiger partial charge in [-0.1, -0.05) is 18.2 Å². The fourth-order valence-electron chi connectivity index (χ4n) is 1.63. The van der Waals surface area contributed by atoms with Gasteiger partial charge in [-0.25, -0.2) is 13.1 Å². The Morgan fingerprint density at radius 1 is 1.26 bits per heavy atom. The highest BCUT2D eigenvalue weighted by Crippen LogP contribution is 2.18. The van der Waals surface area contributed by atoms with Gasteiger partial charge in [-0.2, -0.15) is 0 Å². The summed E-state index contributed by atoms with van der Waals surface area (Å²) in [5.74, 6) is -0.879. The van der Waals surface area contributed by atoms with E-state index < -0.39 is 21.4 Å². The molecular formula is C12H18N2O4S. The molecule has 2 N–H and O–H groups in total. The van der Waals surface area contributed by atoms with Crippen molar-refractivity contribution in [3.63, 3.8) is 0 Å². The summed E-state index contributed by atoms with van der Waals surface area (Å²) in [5.41, 5.74) is -1.59. The van der Waals surface area contributed by atoms with Crippen LogP contribution in [0.25, 0.3) is 0 Å². The van der Waals surface area contributed by atoms with Crippen molar-refractivity contribution in [3.8, 4) is 0 Å². The summed E-state index contributed by atoms with van der Waals surface area (Å²) in [6.45, 7) is 3.48. The molecule has 0 aliphatic heterocycles. The topological polar surface area (TPSA) is 86.7 Å². The van der Waals surface area contributed by atoms with E-state index in [9.17, 15) is 18.3 Å². The Labute approximate surface area is 113 Å². The standard InChI is InChI=1S/C12H18N2O4S/c1-9(2)14(10-7-5-4-6-8-10)11(15)12(16)19(17,18)13-3/h4-9,12-13,16H,1-3H3. The van der Waals surface area contributed by atoms with Crippen molar-refractivity contribution in [3.05, 3.63) is 30.3 Å². The van der Waals surface area contributed by atoms with Gasteiger partial charge < -0.3 is 10.0 Å². The summed E-state index contributed by atoms with van der Waals surface area (Å²) in [7, 11) is -2.92. The molecule has 0 fully saturated rings. The van der Waals surface area contributed by atoms with Crippen LogP contribution < -0.4 is 9.62 Å². The number of hydrogen-bond acceptors (Lipinski definition) is 4. The molecule has 1 aromatic carbocycles. The van der Waals surface area contributed by atoms with E-state index in [1.54, 1.807) is 44.2 Å². The number of anilines is 1. The normalized spacial score (nSPS) is 13.3. The molecular weight excluding hydrogens is 268 g/mol. The number of hydrogen-bond donors (Lipinski definition) is 2. The molecule has 0 bridgehead atoms. The van der Waals surface area contributed by atoms with Gasteiger partial charge in [0.05, 0.1) is 0 Å². The first-order valence-electron chi connectivity index (χ1n) is 5.79. The number of nitrogens with zero attached hydrogens (tertiary/aromatic N) is 1. The molecule has 0 aliphatic rings. The molecule has 0 radical (unpaired) electrons. The van der Waals surface area contributed by atoms with E-state index >= 15 is 0 Å². The maximum absolute atomic E-state index is 12.1. The molecule has 0 saturated heterocycles. The van der Waals surface area contributed by atoms with Gasteiger partial charge in [0.2, 0.25) is 15.5 Å². The summed E-state index contributed by atoms with van der Waals surface area (Å²) in [6.07, 6.45) is 0. The molecule has 1 unspecified atom stereocenters. The van der Waals surface area contributed by atoms with Gasteiger partial charge in [0.1, 0.15) is 0 Å². The molecule has 6 nitrogen and oxygen atoms in total. The molecule has 0 spiro atoms. The smallest absolute Gasteiger partial charge is 0.273 e. The van der Waals surface area contributed by atoms with Crippen molar-refractivity contribution in [1.82, 2.24) is 4.72 Å². The highest BCUT2D eigenvalue weighted by atomic mass is 32.2. The number of amides is 1. The lowest BCUT2D eigenvalue weighted by atomic mass is 10.2. The third kappa shape index (κ3) is 3.52. The lowest BCUT2D eigenvalue weighted by molar-refractivity contribution is -0.123. The Hall–Kier alpha value is -1.44. The van der Waals surface area contributed by atoms with Gasteiger partial charge >= 0.3 is 0 Å². The maximum Gasteiger partial charge on any atom is 0.273 e. The first-order chi connectivity index (χ1) is 8.81. The highest BCUT2D eigenvalue weighted by molar-refractivity contribution is 7.90. The van der Waals surface area contributed by atoms with Crippen molar-refractivity contribution in [1.29, 1.82) is 0 Å². The number of benzene rings is 1. The zero-order valence-corrected chi connectivity index (χ0v) is 11.9. The zero-order chi connectivity index (χ0) is 14.6. The SMILES string of the molecule is CNS(=O)(=O)C(O)C(=O)N(c1ccccc1)C(C)C. The van der Waals surface area contributed by atoms with E-state index in [2.05, 4.69) is 0 Å². The monoisotopic (exact) mass is 286 g/mol. The van der Waals surface area contributed by atoms with Crippen LogP contribution in [0.5, 0.6) is 0 Å². The highest BCUT2D eigenvalue weighted by Gasteiger charge is 2.34. The minimum atomic E-state index is -4.07. The summed E-state index contributed by atoms with van der Waals surface area (Å²) in [6, 6.07) is 8.32. The number of rotatable bonds is 5. The van der Waals surface area contributed by atoms with Crippen molar-refractivity contribution in [2.75, 3.05) is 11.9 Å². The zero-order valence-electron chi connectivity index (χ0n) is 11.1. The fraction of sp³-hybridized carbons (Fsp3) is 0.417. The molecule has 1 amide bonds. The second-order valence-electron chi connectivity index (χ2n) is 4.24. The predicted octanol–water partition coefficient (Wildman–Crippen LogP) is 0.296. The van der Waals surface area contributed by atoms with Crippen molar-refractivity contribution in [2.24, 2.45) is 0 Å². The Bertz CT molecular complexity index is 528. The van der Waals surface area contributed by atoms with Crippen LogP contribution in [0.3, 0.4) is 0 Å². The molecule has 0 aromatic heterocycles. The summed E-state index contributed by atoms with van der Waals surface area (Å²) in [5, 5.41) is 9.68. The summed E-state index contributed by atoms with van der Waals surface area (Å²) in [4.78, 5) is 13.4. The van der Waals surface area contributed by atoms with Crippen LogP contribution in [0, 0.1) is 0 Å². The molecule has 106 valence electrons. The van der Waals surface area contributed by atoms with Gasteiger partial charge in [-0.05, 0) is 33.0 Å². The third-order valence-corrected chi connectivity index (χ3v) is 3.94. The number of para-hydroxylation sites is 1.